The third-order valence-corrected chi connectivity index (χ3v) is 22.1. The number of rotatable bonds is 14. The Labute approximate surface area is 397 Å². The maximum atomic E-state index is 12.5. The molecule has 2 unspecified atom stereocenters. The lowest BCUT2D eigenvalue weighted by Gasteiger charge is -2.63. The molecule has 0 amide bonds. The van der Waals surface area contributed by atoms with E-state index in [1.165, 1.54) is 83.3 Å². The molecule has 0 aromatic heterocycles. The van der Waals surface area contributed by atoms with Crippen molar-refractivity contribution in [1.29, 1.82) is 0 Å². The van der Waals surface area contributed by atoms with E-state index in [-0.39, 0.29) is 30.1 Å². The van der Waals surface area contributed by atoms with E-state index in [0.717, 1.165) is 73.5 Å². The molecule has 8 aliphatic rings. The third-order valence-electron chi connectivity index (χ3n) is 21.5. The molecule has 0 bridgehead atoms. The maximum Gasteiger partial charge on any atom is 0.306 e. The van der Waals surface area contributed by atoms with Gasteiger partial charge < -0.3 is 9.47 Å². The van der Waals surface area contributed by atoms with Gasteiger partial charge >= 0.3 is 11.9 Å². The number of carbonyl (C=O) groups excluding carboxylic acids is 2. The van der Waals surface area contributed by atoms with Crippen LogP contribution in [-0.2, 0) is 33.4 Å². The SMILES string of the molecule is C=CCOC(=O)CC[C@@H](C)C1CC[C@H]2[C@@H]3CC[C@@H]4C[C@H](C)CC[C@]4(C)[C@H]3C=C[C@]12C.C=CCOC(=O)CC[C@@H](C)C1CC[C@H]2[C@@H]3CC[C@@H]4C[C@H](C)CC[C@]4(C)[C@H]3C[C@H](OS(C)(=O)=O)[C@]12C. The van der Waals surface area contributed by atoms with Gasteiger partial charge in [0.15, 0.2) is 0 Å². The van der Waals surface area contributed by atoms with E-state index < -0.39 is 10.1 Å². The highest BCUT2D eigenvalue weighted by Gasteiger charge is 2.65. The minimum atomic E-state index is -3.56. The summed E-state index contributed by atoms with van der Waals surface area (Å²) < 4.78 is 41.4. The Hall–Kier alpha value is -1.93. The van der Waals surface area contributed by atoms with Crippen LogP contribution in [0.2, 0.25) is 0 Å². The molecule has 7 nitrogen and oxygen atoms in total. The molecular weight excluding hydrogens is 829 g/mol. The zero-order valence-electron chi connectivity index (χ0n) is 42.5. The normalized spacial score (nSPS) is 44.8. The first kappa shape index (κ1) is 50.9. The van der Waals surface area contributed by atoms with Gasteiger partial charge in [-0.3, -0.25) is 13.8 Å². The molecule has 19 atom stereocenters. The third kappa shape index (κ3) is 10.1. The first-order valence-electron chi connectivity index (χ1n) is 26.8. The Morgan fingerprint density at radius 1 is 0.677 bits per heavy atom. The van der Waals surface area contributed by atoms with Crippen molar-refractivity contribution < 1.29 is 31.7 Å². The Morgan fingerprint density at radius 3 is 1.78 bits per heavy atom. The van der Waals surface area contributed by atoms with Crippen LogP contribution < -0.4 is 0 Å². The fourth-order valence-electron chi connectivity index (χ4n) is 18.1. The van der Waals surface area contributed by atoms with Crippen LogP contribution in [0.5, 0.6) is 0 Å². The van der Waals surface area contributed by atoms with E-state index in [2.05, 4.69) is 80.7 Å². The average molecular weight is 921 g/mol. The molecule has 0 N–H and O–H groups in total. The van der Waals surface area contributed by atoms with Crippen LogP contribution >= 0.6 is 0 Å². The van der Waals surface area contributed by atoms with Gasteiger partial charge in [0.05, 0.1) is 12.4 Å². The van der Waals surface area contributed by atoms with Gasteiger partial charge in [-0.2, -0.15) is 8.42 Å². The van der Waals surface area contributed by atoms with E-state index in [1.807, 2.05) is 0 Å². The second-order valence-corrected chi connectivity index (χ2v) is 26.6. The minimum Gasteiger partial charge on any atom is -0.461 e. The molecule has 7 saturated carbocycles. The number of ether oxygens (including phenoxy) is 2. The van der Waals surface area contributed by atoms with Gasteiger partial charge in [-0.1, -0.05) is 106 Å². The molecule has 8 aliphatic carbocycles. The monoisotopic (exact) mass is 921 g/mol. The van der Waals surface area contributed by atoms with E-state index in [0.29, 0.717) is 77.1 Å². The number of esters is 2. The molecule has 368 valence electrons. The van der Waals surface area contributed by atoms with Crippen LogP contribution in [0, 0.1) is 105 Å². The lowest BCUT2D eigenvalue weighted by molar-refractivity contribution is -0.163. The van der Waals surface area contributed by atoms with E-state index in [4.69, 9.17) is 13.7 Å². The molecule has 0 saturated heterocycles. The molecule has 0 aromatic carbocycles. The van der Waals surface area contributed by atoms with Crippen molar-refractivity contribution in [1.82, 2.24) is 0 Å². The summed E-state index contributed by atoms with van der Waals surface area (Å²) in [6.07, 6.45) is 31.7. The summed E-state index contributed by atoms with van der Waals surface area (Å²) in [5.74, 6) is 9.31. The van der Waals surface area contributed by atoms with Crippen LogP contribution in [0.25, 0.3) is 0 Å². The summed E-state index contributed by atoms with van der Waals surface area (Å²) >= 11 is 0. The second kappa shape index (κ2) is 20.2. The second-order valence-electron chi connectivity index (χ2n) is 25.0. The Morgan fingerprint density at radius 2 is 1.20 bits per heavy atom. The van der Waals surface area contributed by atoms with Gasteiger partial charge in [0.25, 0.3) is 10.1 Å². The fourth-order valence-corrected chi connectivity index (χ4v) is 18.8. The lowest BCUT2D eigenvalue weighted by Crippen LogP contribution is -2.59. The molecule has 0 radical (unpaired) electrons. The summed E-state index contributed by atoms with van der Waals surface area (Å²) in [4.78, 5) is 24.1. The van der Waals surface area contributed by atoms with Crippen LogP contribution in [0.1, 0.15) is 177 Å². The Balaban J connectivity index is 0.000000196. The quantitative estimate of drug-likeness (QED) is 0.0972. The number of hydrogen-bond donors (Lipinski definition) is 0. The molecule has 0 heterocycles. The van der Waals surface area contributed by atoms with Gasteiger partial charge in [-0.05, 0) is 195 Å². The molecule has 8 rings (SSSR count). The van der Waals surface area contributed by atoms with E-state index in [1.54, 1.807) is 12.2 Å². The Bertz CT molecular complexity index is 1840. The highest BCUT2D eigenvalue weighted by atomic mass is 32.2. The molecule has 0 aliphatic heterocycles. The topological polar surface area (TPSA) is 96.0 Å². The van der Waals surface area contributed by atoms with Crippen molar-refractivity contribution in [3.8, 4) is 0 Å². The maximum absolute atomic E-state index is 12.5. The zero-order chi connectivity index (χ0) is 47.1. The summed E-state index contributed by atoms with van der Waals surface area (Å²) in [5.41, 5.74) is 0.969. The van der Waals surface area contributed by atoms with Crippen molar-refractivity contribution >= 4 is 22.1 Å². The van der Waals surface area contributed by atoms with Crippen LogP contribution in [0.4, 0.5) is 0 Å². The van der Waals surface area contributed by atoms with Crippen molar-refractivity contribution in [3.63, 3.8) is 0 Å². The number of allylic oxidation sites excluding steroid dienone is 2. The Kier molecular flexibility index (Phi) is 15.8. The molecule has 7 fully saturated rings. The van der Waals surface area contributed by atoms with E-state index in [9.17, 15) is 18.0 Å². The molecule has 65 heavy (non-hydrogen) atoms. The molecule has 0 aromatic rings. The van der Waals surface area contributed by atoms with Crippen LogP contribution in [0.15, 0.2) is 37.5 Å². The first-order valence-corrected chi connectivity index (χ1v) is 28.6. The standard InChI is InChI=1S/C29H48O5S.C28H44O2/c1-7-16-33-27(30)13-8-20(3)23-11-12-24-22-10-9-21-17-19(2)14-15-28(21,4)25(22)18-26(29(23,24)5)34-35(6,31)32;1-6-17-30-26(29)12-7-20(3)23-10-11-24-22-9-8-21-18-19(2)13-15-27(21,4)25(22)14-16-28(23,24)5/h7,19-26H,1,8-18H2,2-6H3;6,14,16,19-25H,1,7-13,15,17-18H2,2-5H3/t19-,20-,21-,22+,23?,24+,25+,26+,28+,29-;19-,20-,21-,22+,23?,24+,25+,27+,28-/m11/s1. The van der Waals surface area contributed by atoms with Crippen molar-refractivity contribution in [2.45, 2.75) is 183 Å². The van der Waals surface area contributed by atoms with Gasteiger partial charge in [0, 0.05) is 18.3 Å². The number of hydrogen-bond acceptors (Lipinski definition) is 7. The predicted octanol–water partition coefficient (Wildman–Crippen LogP) is 13.6. The smallest absolute Gasteiger partial charge is 0.306 e. The van der Waals surface area contributed by atoms with E-state index >= 15 is 0 Å². The minimum absolute atomic E-state index is 0.0709. The summed E-state index contributed by atoms with van der Waals surface area (Å²) in [6.45, 7) is 27.3. The summed E-state index contributed by atoms with van der Waals surface area (Å²) in [5, 5.41) is 0. The largest absolute Gasteiger partial charge is 0.461 e. The number of carbonyl (C=O) groups is 2. The molecule has 8 heteroatoms. The fraction of sp³-hybridized carbons (Fsp3) is 0.860. The zero-order valence-corrected chi connectivity index (χ0v) is 43.3. The first-order chi connectivity index (χ1) is 30.7. The van der Waals surface area contributed by atoms with Crippen molar-refractivity contribution in [2.24, 2.45) is 105 Å². The average Bonchev–Trinajstić information content (AvgIpc) is 3.81. The highest BCUT2D eigenvalue weighted by Crippen LogP contribution is 2.70. The lowest BCUT2D eigenvalue weighted by atomic mass is 9.43. The van der Waals surface area contributed by atoms with Crippen LogP contribution in [0.3, 0.4) is 0 Å². The van der Waals surface area contributed by atoms with Crippen molar-refractivity contribution in [3.05, 3.63) is 37.5 Å². The van der Waals surface area contributed by atoms with Gasteiger partial charge in [0.1, 0.15) is 13.2 Å². The highest BCUT2D eigenvalue weighted by molar-refractivity contribution is 7.86. The summed E-state index contributed by atoms with van der Waals surface area (Å²) in [6, 6.07) is 0. The van der Waals surface area contributed by atoms with Gasteiger partial charge in [-0.25, -0.2) is 0 Å². The van der Waals surface area contributed by atoms with Gasteiger partial charge in [-0.15, -0.1) is 0 Å². The summed E-state index contributed by atoms with van der Waals surface area (Å²) in [7, 11) is -3.56. The molecular formula is C57H92O7S. The number of fused-ring (bicyclic) bond motifs is 10. The molecule has 0 spiro atoms. The predicted molar refractivity (Wildman–Crippen MR) is 263 cm³/mol. The van der Waals surface area contributed by atoms with Crippen molar-refractivity contribution in [2.75, 3.05) is 19.5 Å². The van der Waals surface area contributed by atoms with Gasteiger partial charge in [0.2, 0.25) is 0 Å². The van der Waals surface area contributed by atoms with Crippen LogP contribution in [-0.4, -0.2) is 45.9 Å².